The van der Waals surface area contributed by atoms with Crippen LogP contribution in [0.2, 0.25) is 0 Å². The van der Waals surface area contributed by atoms with Gasteiger partial charge in [0, 0.05) is 5.39 Å². The Morgan fingerprint density at radius 2 is 2.10 bits per heavy atom. The van der Waals surface area contributed by atoms with Crippen LogP contribution in [0.15, 0.2) is 18.2 Å². The maximum atomic E-state index is 11.2. The number of fused-ring (bicyclic) bond motifs is 1. The van der Waals surface area contributed by atoms with Crippen LogP contribution in [0.3, 0.4) is 0 Å². The number of amides is 1. The van der Waals surface area contributed by atoms with Gasteiger partial charge in [-0.3, -0.25) is 4.79 Å². The first-order valence-electron chi connectivity index (χ1n) is 7.00. The standard InChI is InChI=1S/C15H18N4O/c16-12-11-6-2-5-10(4-1-3-9-7-8-9)13(11)18-19-14(12)15(17)20/h2,5-6,9H,1,3-4,7-8H2,(H2,16,18)(H2,17,20). The Bertz CT molecular complexity index is 664. The summed E-state index contributed by atoms with van der Waals surface area (Å²) >= 11 is 0. The van der Waals surface area contributed by atoms with Crippen molar-refractivity contribution in [3.05, 3.63) is 29.5 Å². The van der Waals surface area contributed by atoms with E-state index in [1.54, 1.807) is 0 Å². The minimum atomic E-state index is -0.643. The van der Waals surface area contributed by atoms with Crippen LogP contribution < -0.4 is 11.5 Å². The van der Waals surface area contributed by atoms with Crippen LogP contribution in [0.25, 0.3) is 10.9 Å². The van der Waals surface area contributed by atoms with Crippen molar-refractivity contribution in [3.8, 4) is 0 Å². The molecule has 5 heteroatoms. The Kier molecular flexibility index (Phi) is 3.26. The number of benzene rings is 1. The molecular formula is C15H18N4O. The summed E-state index contributed by atoms with van der Waals surface area (Å²) in [5, 5.41) is 8.78. The van der Waals surface area contributed by atoms with Gasteiger partial charge < -0.3 is 11.5 Å². The fourth-order valence-electron chi connectivity index (χ4n) is 2.58. The maximum absolute atomic E-state index is 11.2. The molecule has 4 N–H and O–H groups in total. The van der Waals surface area contributed by atoms with Gasteiger partial charge in [-0.2, -0.15) is 0 Å². The van der Waals surface area contributed by atoms with Gasteiger partial charge in [0.15, 0.2) is 5.69 Å². The number of rotatable bonds is 5. The van der Waals surface area contributed by atoms with E-state index in [9.17, 15) is 4.79 Å². The molecule has 1 aliphatic carbocycles. The fourth-order valence-corrected chi connectivity index (χ4v) is 2.58. The number of carbonyl (C=O) groups is 1. The molecule has 3 rings (SSSR count). The number of aryl methyl sites for hydroxylation is 1. The number of hydrogen-bond acceptors (Lipinski definition) is 4. The SMILES string of the molecule is NC(=O)c1nnc2c(CCCC3CC3)cccc2c1N. The van der Waals surface area contributed by atoms with Gasteiger partial charge in [0.1, 0.15) is 0 Å². The molecule has 5 nitrogen and oxygen atoms in total. The van der Waals surface area contributed by atoms with Gasteiger partial charge in [0.25, 0.3) is 5.91 Å². The number of nitrogens with two attached hydrogens (primary N) is 2. The van der Waals surface area contributed by atoms with Crippen molar-refractivity contribution in [2.24, 2.45) is 11.7 Å². The number of nitrogens with zero attached hydrogens (tertiary/aromatic N) is 2. The lowest BCUT2D eigenvalue weighted by Gasteiger charge is -2.08. The molecule has 0 spiro atoms. The predicted octanol–water partition coefficient (Wildman–Crippen LogP) is 2.04. The summed E-state index contributed by atoms with van der Waals surface area (Å²) in [6.45, 7) is 0. The molecule has 1 saturated carbocycles. The Labute approximate surface area is 117 Å². The van der Waals surface area contributed by atoms with Crippen molar-refractivity contribution in [2.75, 3.05) is 5.73 Å². The third-order valence-electron chi connectivity index (χ3n) is 3.90. The lowest BCUT2D eigenvalue weighted by molar-refractivity contribution is 0.0996. The summed E-state index contributed by atoms with van der Waals surface area (Å²) in [7, 11) is 0. The zero-order valence-corrected chi connectivity index (χ0v) is 11.3. The number of anilines is 1. The van der Waals surface area contributed by atoms with Gasteiger partial charge in [0.2, 0.25) is 0 Å². The minimum absolute atomic E-state index is 0.0487. The topological polar surface area (TPSA) is 94.9 Å². The average Bonchev–Trinajstić information content (AvgIpc) is 3.23. The molecule has 0 atom stereocenters. The smallest absolute Gasteiger partial charge is 0.271 e. The van der Waals surface area contributed by atoms with E-state index in [1.807, 2.05) is 18.2 Å². The van der Waals surface area contributed by atoms with Crippen molar-refractivity contribution >= 4 is 22.5 Å². The molecule has 1 amide bonds. The quantitative estimate of drug-likeness (QED) is 0.869. The van der Waals surface area contributed by atoms with Gasteiger partial charge in [-0.25, -0.2) is 0 Å². The van der Waals surface area contributed by atoms with Crippen LogP contribution >= 0.6 is 0 Å². The van der Waals surface area contributed by atoms with Gasteiger partial charge >= 0.3 is 0 Å². The maximum Gasteiger partial charge on any atom is 0.271 e. The second kappa shape index (κ2) is 5.07. The Balaban J connectivity index is 1.92. The first-order chi connectivity index (χ1) is 9.66. The van der Waals surface area contributed by atoms with Crippen molar-refractivity contribution in [1.29, 1.82) is 0 Å². The van der Waals surface area contributed by atoms with Crippen LogP contribution in [0.4, 0.5) is 5.69 Å². The highest BCUT2D eigenvalue weighted by Crippen LogP contribution is 2.34. The van der Waals surface area contributed by atoms with E-state index in [2.05, 4.69) is 10.2 Å². The lowest BCUT2D eigenvalue weighted by Crippen LogP contribution is -2.17. The molecule has 104 valence electrons. The van der Waals surface area contributed by atoms with Crippen LogP contribution in [-0.2, 0) is 6.42 Å². The van der Waals surface area contributed by atoms with E-state index in [-0.39, 0.29) is 5.69 Å². The highest BCUT2D eigenvalue weighted by atomic mass is 16.1. The molecule has 1 heterocycles. The zero-order valence-electron chi connectivity index (χ0n) is 11.3. The van der Waals surface area contributed by atoms with E-state index in [4.69, 9.17) is 11.5 Å². The number of aromatic nitrogens is 2. The second-order valence-electron chi connectivity index (χ2n) is 5.48. The predicted molar refractivity (Wildman–Crippen MR) is 78.1 cm³/mol. The minimum Gasteiger partial charge on any atom is -0.396 e. The van der Waals surface area contributed by atoms with E-state index in [0.717, 1.165) is 35.2 Å². The molecule has 2 aromatic rings. The lowest BCUT2D eigenvalue weighted by atomic mass is 10.0. The first kappa shape index (κ1) is 12.8. The van der Waals surface area contributed by atoms with Crippen molar-refractivity contribution in [1.82, 2.24) is 10.2 Å². The van der Waals surface area contributed by atoms with Crippen LogP contribution in [0.5, 0.6) is 0 Å². The largest absolute Gasteiger partial charge is 0.396 e. The molecule has 0 unspecified atom stereocenters. The molecule has 1 aliphatic rings. The Morgan fingerprint density at radius 3 is 2.80 bits per heavy atom. The molecule has 0 bridgehead atoms. The molecular weight excluding hydrogens is 252 g/mol. The summed E-state index contributed by atoms with van der Waals surface area (Å²) in [6, 6.07) is 5.85. The Hall–Kier alpha value is -2.17. The van der Waals surface area contributed by atoms with E-state index < -0.39 is 5.91 Å². The third kappa shape index (κ3) is 2.43. The zero-order chi connectivity index (χ0) is 14.1. The third-order valence-corrected chi connectivity index (χ3v) is 3.90. The summed E-state index contributed by atoms with van der Waals surface area (Å²) < 4.78 is 0. The van der Waals surface area contributed by atoms with E-state index in [1.165, 1.54) is 19.3 Å². The van der Waals surface area contributed by atoms with Crippen LogP contribution in [0, 0.1) is 5.92 Å². The molecule has 20 heavy (non-hydrogen) atoms. The Morgan fingerprint density at radius 1 is 1.30 bits per heavy atom. The highest BCUT2D eigenvalue weighted by Gasteiger charge is 2.20. The van der Waals surface area contributed by atoms with Crippen LogP contribution in [0.1, 0.15) is 41.7 Å². The van der Waals surface area contributed by atoms with Gasteiger partial charge in [0.05, 0.1) is 11.2 Å². The summed E-state index contributed by atoms with van der Waals surface area (Å²) in [6.07, 6.45) is 6.16. The van der Waals surface area contributed by atoms with Gasteiger partial charge in [-0.15, -0.1) is 10.2 Å². The number of carbonyl (C=O) groups excluding carboxylic acids is 1. The van der Waals surface area contributed by atoms with Crippen molar-refractivity contribution < 1.29 is 4.79 Å². The van der Waals surface area contributed by atoms with E-state index in [0.29, 0.717) is 5.69 Å². The van der Waals surface area contributed by atoms with E-state index >= 15 is 0 Å². The fraction of sp³-hybridized carbons (Fsp3) is 0.400. The molecule has 0 aliphatic heterocycles. The normalized spacial score (nSPS) is 14.6. The monoisotopic (exact) mass is 270 g/mol. The van der Waals surface area contributed by atoms with Crippen molar-refractivity contribution in [3.63, 3.8) is 0 Å². The number of hydrogen-bond donors (Lipinski definition) is 2. The average molecular weight is 270 g/mol. The summed E-state index contributed by atoms with van der Waals surface area (Å²) in [5.74, 6) is 0.290. The molecule has 1 aromatic carbocycles. The number of primary amides is 1. The first-order valence-corrected chi connectivity index (χ1v) is 7.00. The second-order valence-corrected chi connectivity index (χ2v) is 5.48. The van der Waals surface area contributed by atoms with Gasteiger partial charge in [-0.1, -0.05) is 37.5 Å². The molecule has 1 aromatic heterocycles. The van der Waals surface area contributed by atoms with Crippen molar-refractivity contribution in [2.45, 2.75) is 32.1 Å². The molecule has 1 fully saturated rings. The van der Waals surface area contributed by atoms with Crippen LogP contribution in [-0.4, -0.2) is 16.1 Å². The molecule has 0 radical (unpaired) electrons. The van der Waals surface area contributed by atoms with Gasteiger partial charge in [-0.05, 0) is 24.3 Å². The summed E-state index contributed by atoms with van der Waals surface area (Å²) in [4.78, 5) is 11.2. The molecule has 0 saturated heterocycles. The highest BCUT2D eigenvalue weighted by molar-refractivity contribution is 6.04. The summed E-state index contributed by atoms with van der Waals surface area (Å²) in [5.41, 5.74) is 13.5. The number of nitrogen functional groups attached to an aromatic ring is 1.